The molecular formula is C23H28Cl2N2O2. The molecule has 0 fully saturated rings. The van der Waals surface area contributed by atoms with E-state index in [1.165, 1.54) is 0 Å². The molecule has 0 saturated heterocycles. The fourth-order valence-corrected chi connectivity index (χ4v) is 3.67. The second-order valence-electron chi connectivity index (χ2n) is 6.95. The van der Waals surface area contributed by atoms with Crippen molar-refractivity contribution in [1.29, 1.82) is 0 Å². The number of unbranched alkanes of at least 4 members (excludes halogenated alkanes) is 1. The summed E-state index contributed by atoms with van der Waals surface area (Å²) >= 11 is 12.7. The van der Waals surface area contributed by atoms with E-state index < -0.39 is 6.04 Å². The molecule has 0 bridgehead atoms. The predicted octanol–water partition coefficient (Wildman–Crippen LogP) is 5.26. The Labute approximate surface area is 183 Å². The molecule has 0 aliphatic carbocycles. The Hall–Kier alpha value is -2.04. The van der Waals surface area contributed by atoms with Gasteiger partial charge in [-0.25, -0.2) is 0 Å². The molecule has 2 aromatic rings. The highest BCUT2D eigenvalue weighted by Gasteiger charge is 2.29. The van der Waals surface area contributed by atoms with Crippen molar-refractivity contribution < 1.29 is 9.59 Å². The summed E-state index contributed by atoms with van der Waals surface area (Å²) < 4.78 is 0. The van der Waals surface area contributed by atoms with Crippen molar-refractivity contribution in [3.05, 3.63) is 69.7 Å². The van der Waals surface area contributed by atoms with Gasteiger partial charge in [0.1, 0.15) is 6.04 Å². The van der Waals surface area contributed by atoms with Crippen molar-refractivity contribution in [2.75, 3.05) is 6.54 Å². The highest BCUT2D eigenvalue weighted by atomic mass is 35.5. The molecule has 0 heterocycles. The molecule has 4 nitrogen and oxygen atoms in total. The summed E-state index contributed by atoms with van der Waals surface area (Å²) in [5.74, 6) is -0.282. The topological polar surface area (TPSA) is 49.4 Å². The normalized spacial score (nSPS) is 11.7. The van der Waals surface area contributed by atoms with Crippen molar-refractivity contribution in [1.82, 2.24) is 10.2 Å². The van der Waals surface area contributed by atoms with Gasteiger partial charge in [-0.2, -0.15) is 0 Å². The van der Waals surface area contributed by atoms with Crippen molar-refractivity contribution in [3.8, 4) is 0 Å². The van der Waals surface area contributed by atoms with Crippen LogP contribution < -0.4 is 5.32 Å². The maximum Gasteiger partial charge on any atom is 0.242 e. The zero-order valence-corrected chi connectivity index (χ0v) is 18.5. The minimum atomic E-state index is -0.588. The quantitative estimate of drug-likeness (QED) is 0.518. The molecule has 0 aromatic heterocycles. The van der Waals surface area contributed by atoms with Gasteiger partial charge in [0.25, 0.3) is 0 Å². The van der Waals surface area contributed by atoms with Crippen LogP contribution in [0.1, 0.15) is 44.2 Å². The van der Waals surface area contributed by atoms with Crippen LogP contribution in [0.25, 0.3) is 0 Å². The molecule has 2 aromatic carbocycles. The van der Waals surface area contributed by atoms with Crippen LogP contribution in [-0.2, 0) is 22.6 Å². The first-order valence-electron chi connectivity index (χ1n) is 10.0. The largest absolute Gasteiger partial charge is 0.354 e. The van der Waals surface area contributed by atoms with Gasteiger partial charge >= 0.3 is 0 Å². The summed E-state index contributed by atoms with van der Waals surface area (Å²) in [4.78, 5) is 27.7. The van der Waals surface area contributed by atoms with E-state index >= 15 is 0 Å². The van der Waals surface area contributed by atoms with Crippen LogP contribution in [0.4, 0.5) is 0 Å². The molecule has 0 aliphatic rings. The van der Waals surface area contributed by atoms with Crippen LogP contribution in [0.15, 0.2) is 48.5 Å². The Morgan fingerprint density at radius 1 is 1.00 bits per heavy atom. The summed E-state index contributed by atoms with van der Waals surface area (Å²) in [5, 5.41) is 3.92. The third-order valence-corrected chi connectivity index (χ3v) is 5.51. The monoisotopic (exact) mass is 434 g/mol. The van der Waals surface area contributed by atoms with E-state index in [0.717, 1.165) is 18.4 Å². The molecule has 1 N–H and O–H groups in total. The molecule has 6 heteroatoms. The van der Waals surface area contributed by atoms with Crippen LogP contribution in [0.5, 0.6) is 0 Å². The highest BCUT2D eigenvalue weighted by Crippen LogP contribution is 2.27. The SMILES string of the molecule is CCCCNC(=O)[C@H](CC)N(Cc1c(Cl)cccc1Cl)C(=O)Cc1ccccc1. The van der Waals surface area contributed by atoms with Crippen molar-refractivity contribution in [2.45, 2.75) is 52.1 Å². The van der Waals surface area contributed by atoms with Crippen LogP contribution in [-0.4, -0.2) is 29.3 Å². The van der Waals surface area contributed by atoms with E-state index in [0.29, 0.717) is 28.6 Å². The zero-order chi connectivity index (χ0) is 21.2. The second-order valence-corrected chi connectivity index (χ2v) is 7.77. The van der Waals surface area contributed by atoms with E-state index in [2.05, 4.69) is 12.2 Å². The molecule has 0 aliphatic heterocycles. The fraction of sp³-hybridized carbons (Fsp3) is 0.391. The van der Waals surface area contributed by atoms with Crippen molar-refractivity contribution >= 4 is 35.0 Å². The van der Waals surface area contributed by atoms with E-state index in [4.69, 9.17) is 23.2 Å². The smallest absolute Gasteiger partial charge is 0.242 e. The van der Waals surface area contributed by atoms with Gasteiger partial charge in [-0.05, 0) is 30.5 Å². The first-order chi connectivity index (χ1) is 14.0. The molecule has 0 unspecified atom stereocenters. The average Bonchev–Trinajstić information content (AvgIpc) is 2.71. The number of carbonyl (C=O) groups is 2. The van der Waals surface area contributed by atoms with E-state index in [1.54, 1.807) is 23.1 Å². The third-order valence-electron chi connectivity index (χ3n) is 4.80. The number of nitrogens with zero attached hydrogens (tertiary/aromatic N) is 1. The summed E-state index contributed by atoms with van der Waals surface area (Å²) in [6.45, 7) is 4.75. The predicted molar refractivity (Wildman–Crippen MR) is 119 cm³/mol. The minimum Gasteiger partial charge on any atom is -0.354 e. The average molecular weight is 435 g/mol. The molecule has 2 rings (SSSR count). The number of amides is 2. The Bertz CT molecular complexity index is 792. The van der Waals surface area contributed by atoms with E-state index in [9.17, 15) is 9.59 Å². The summed E-state index contributed by atoms with van der Waals surface area (Å²) in [6.07, 6.45) is 2.60. The van der Waals surface area contributed by atoms with Crippen molar-refractivity contribution in [2.24, 2.45) is 0 Å². The molecule has 0 spiro atoms. The van der Waals surface area contributed by atoms with Crippen LogP contribution in [0.3, 0.4) is 0 Å². The number of rotatable bonds is 10. The minimum absolute atomic E-state index is 0.135. The van der Waals surface area contributed by atoms with Gasteiger partial charge in [0, 0.05) is 28.7 Å². The van der Waals surface area contributed by atoms with Gasteiger partial charge in [-0.15, -0.1) is 0 Å². The van der Waals surface area contributed by atoms with Gasteiger partial charge in [-0.1, -0.05) is 79.9 Å². The Morgan fingerprint density at radius 3 is 2.24 bits per heavy atom. The van der Waals surface area contributed by atoms with Crippen LogP contribution in [0, 0.1) is 0 Å². The van der Waals surface area contributed by atoms with Gasteiger partial charge in [0.15, 0.2) is 0 Å². The summed E-state index contributed by atoms with van der Waals surface area (Å²) in [6, 6.07) is 14.2. The lowest BCUT2D eigenvalue weighted by atomic mass is 10.1. The van der Waals surface area contributed by atoms with Crippen molar-refractivity contribution in [3.63, 3.8) is 0 Å². The molecule has 1 atom stereocenters. The van der Waals surface area contributed by atoms with Gasteiger partial charge in [-0.3, -0.25) is 9.59 Å². The number of halogens is 2. The first kappa shape index (κ1) is 23.2. The van der Waals surface area contributed by atoms with Gasteiger partial charge in [0.2, 0.25) is 11.8 Å². The highest BCUT2D eigenvalue weighted by molar-refractivity contribution is 6.36. The Kier molecular flexibility index (Phi) is 9.49. The van der Waals surface area contributed by atoms with E-state index in [-0.39, 0.29) is 24.8 Å². The van der Waals surface area contributed by atoms with Crippen LogP contribution in [0.2, 0.25) is 10.0 Å². The number of carbonyl (C=O) groups excluding carboxylic acids is 2. The second kappa shape index (κ2) is 11.8. The fourth-order valence-electron chi connectivity index (χ4n) is 3.15. The van der Waals surface area contributed by atoms with E-state index in [1.807, 2.05) is 37.3 Å². The van der Waals surface area contributed by atoms with Crippen LogP contribution >= 0.6 is 23.2 Å². The number of nitrogens with one attached hydrogen (secondary N) is 1. The number of hydrogen-bond donors (Lipinski definition) is 1. The lowest BCUT2D eigenvalue weighted by Gasteiger charge is -2.31. The molecule has 2 amide bonds. The first-order valence-corrected chi connectivity index (χ1v) is 10.8. The lowest BCUT2D eigenvalue weighted by Crippen LogP contribution is -2.49. The van der Waals surface area contributed by atoms with Gasteiger partial charge < -0.3 is 10.2 Å². The summed E-state index contributed by atoms with van der Waals surface area (Å²) in [7, 11) is 0. The molecule has 156 valence electrons. The number of benzene rings is 2. The standard InChI is InChI=1S/C23H28Cl2N2O2/c1-3-5-14-26-23(29)21(4-2)27(16-18-19(24)12-9-13-20(18)25)22(28)15-17-10-7-6-8-11-17/h6-13,21H,3-5,14-16H2,1-2H3,(H,26,29)/t21-/m0/s1. The Morgan fingerprint density at radius 2 is 1.66 bits per heavy atom. The number of hydrogen-bond acceptors (Lipinski definition) is 2. The summed E-state index contributed by atoms with van der Waals surface area (Å²) in [5.41, 5.74) is 1.55. The third kappa shape index (κ3) is 6.76. The molecular weight excluding hydrogens is 407 g/mol. The Balaban J connectivity index is 2.30. The zero-order valence-electron chi connectivity index (χ0n) is 17.0. The molecule has 0 saturated carbocycles. The van der Waals surface area contributed by atoms with Gasteiger partial charge in [0.05, 0.1) is 6.42 Å². The molecule has 0 radical (unpaired) electrons. The maximum absolute atomic E-state index is 13.2. The maximum atomic E-state index is 13.2. The molecule has 29 heavy (non-hydrogen) atoms. The lowest BCUT2D eigenvalue weighted by molar-refractivity contribution is -0.140.